The number of aromatic nitrogens is 2. The van der Waals surface area contributed by atoms with Gasteiger partial charge in [0.05, 0.1) is 11.4 Å². The van der Waals surface area contributed by atoms with E-state index in [4.69, 9.17) is 0 Å². The van der Waals surface area contributed by atoms with E-state index < -0.39 is 0 Å². The topological polar surface area (TPSA) is 25.8 Å². The Labute approximate surface area is 65.5 Å². The highest BCUT2D eigenvalue weighted by molar-refractivity contribution is 5.13. The van der Waals surface area contributed by atoms with Crippen molar-refractivity contribution in [3.8, 4) is 0 Å². The molecule has 0 fully saturated rings. The van der Waals surface area contributed by atoms with Crippen LogP contribution in [0.2, 0.25) is 0 Å². The second kappa shape index (κ2) is 2.95. The third-order valence-corrected chi connectivity index (χ3v) is 1.54. The van der Waals surface area contributed by atoms with Gasteiger partial charge >= 0.3 is 0 Å². The molecular formula is C8H11FN2. The number of halogens is 1. The van der Waals surface area contributed by atoms with Crippen LogP contribution in [0.15, 0.2) is 6.33 Å². The summed E-state index contributed by atoms with van der Waals surface area (Å²) in [7, 11) is 0. The first kappa shape index (κ1) is 8.11. The molecule has 1 rings (SSSR count). The molecule has 0 N–H and O–H groups in total. The molecule has 3 heteroatoms. The summed E-state index contributed by atoms with van der Waals surface area (Å²) < 4.78 is 13.1. The number of rotatable bonds is 1. The van der Waals surface area contributed by atoms with Gasteiger partial charge in [0.15, 0.2) is 5.82 Å². The first-order valence-corrected chi connectivity index (χ1v) is 3.60. The molecule has 2 nitrogen and oxygen atoms in total. The molecule has 0 saturated carbocycles. The molecule has 1 aromatic rings. The van der Waals surface area contributed by atoms with Gasteiger partial charge in [-0.1, -0.05) is 13.8 Å². The van der Waals surface area contributed by atoms with E-state index in [1.807, 2.05) is 13.8 Å². The van der Waals surface area contributed by atoms with Gasteiger partial charge in [0.1, 0.15) is 6.33 Å². The largest absolute Gasteiger partial charge is 0.239 e. The maximum Gasteiger partial charge on any atom is 0.166 e. The van der Waals surface area contributed by atoms with Crippen LogP contribution in [-0.2, 0) is 0 Å². The molecule has 0 spiro atoms. The Morgan fingerprint density at radius 3 is 2.45 bits per heavy atom. The summed E-state index contributed by atoms with van der Waals surface area (Å²) in [5.74, 6) is -0.154. The Kier molecular flexibility index (Phi) is 2.17. The standard InChI is InChI=1S/C8H11FN2/c1-5(2)8-7(9)6(3)10-4-11-8/h4-5H,1-3H3. The van der Waals surface area contributed by atoms with Gasteiger partial charge in [-0.25, -0.2) is 14.4 Å². The Hall–Kier alpha value is -0.990. The number of hydrogen-bond donors (Lipinski definition) is 0. The van der Waals surface area contributed by atoms with Gasteiger partial charge in [-0.3, -0.25) is 0 Å². The van der Waals surface area contributed by atoms with E-state index in [0.717, 1.165) is 0 Å². The zero-order valence-electron chi connectivity index (χ0n) is 6.93. The van der Waals surface area contributed by atoms with E-state index >= 15 is 0 Å². The van der Waals surface area contributed by atoms with Crippen molar-refractivity contribution < 1.29 is 4.39 Å². The number of nitrogens with zero attached hydrogens (tertiary/aromatic N) is 2. The molecule has 0 aliphatic heterocycles. The lowest BCUT2D eigenvalue weighted by Crippen LogP contribution is -2.01. The van der Waals surface area contributed by atoms with Crippen LogP contribution in [-0.4, -0.2) is 9.97 Å². The average Bonchev–Trinajstić information content (AvgIpc) is 1.94. The van der Waals surface area contributed by atoms with Crippen molar-refractivity contribution in [1.82, 2.24) is 9.97 Å². The monoisotopic (exact) mass is 154 g/mol. The highest BCUT2D eigenvalue weighted by atomic mass is 19.1. The summed E-state index contributed by atoms with van der Waals surface area (Å²) >= 11 is 0. The quantitative estimate of drug-likeness (QED) is 0.618. The van der Waals surface area contributed by atoms with Crippen molar-refractivity contribution in [3.63, 3.8) is 0 Å². The highest BCUT2D eigenvalue weighted by Gasteiger charge is 2.09. The molecule has 0 radical (unpaired) electrons. The third kappa shape index (κ3) is 1.53. The van der Waals surface area contributed by atoms with Crippen molar-refractivity contribution in [2.75, 3.05) is 0 Å². The Balaban J connectivity index is 3.17. The van der Waals surface area contributed by atoms with Crippen LogP contribution in [0.4, 0.5) is 4.39 Å². The highest BCUT2D eigenvalue weighted by Crippen LogP contribution is 2.15. The number of hydrogen-bond acceptors (Lipinski definition) is 2. The molecular weight excluding hydrogens is 143 g/mol. The van der Waals surface area contributed by atoms with Crippen LogP contribution in [0, 0.1) is 12.7 Å². The lowest BCUT2D eigenvalue weighted by atomic mass is 10.1. The van der Waals surface area contributed by atoms with Crippen LogP contribution in [0.3, 0.4) is 0 Å². The van der Waals surface area contributed by atoms with Gasteiger partial charge < -0.3 is 0 Å². The van der Waals surface area contributed by atoms with Crippen molar-refractivity contribution >= 4 is 0 Å². The Morgan fingerprint density at radius 2 is 2.00 bits per heavy atom. The van der Waals surface area contributed by atoms with Gasteiger partial charge in [-0.15, -0.1) is 0 Å². The lowest BCUT2D eigenvalue weighted by molar-refractivity contribution is 0.565. The normalized spacial score (nSPS) is 10.6. The smallest absolute Gasteiger partial charge is 0.166 e. The number of aryl methyl sites for hydroxylation is 1. The fourth-order valence-corrected chi connectivity index (χ4v) is 0.879. The van der Waals surface area contributed by atoms with Crippen LogP contribution in [0.25, 0.3) is 0 Å². The molecule has 0 atom stereocenters. The summed E-state index contributed by atoms with van der Waals surface area (Å²) in [6.45, 7) is 5.46. The van der Waals surface area contributed by atoms with Gasteiger partial charge in [0.25, 0.3) is 0 Å². The van der Waals surface area contributed by atoms with Crippen molar-refractivity contribution in [2.24, 2.45) is 0 Å². The van der Waals surface area contributed by atoms with Gasteiger partial charge in [0.2, 0.25) is 0 Å². The van der Waals surface area contributed by atoms with E-state index in [2.05, 4.69) is 9.97 Å². The minimum atomic E-state index is -0.275. The predicted octanol–water partition coefficient (Wildman–Crippen LogP) is 2.05. The Bertz CT molecular complexity index is 258. The molecule has 1 aromatic heterocycles. The minimum Gasteiger partial charge on any atom is -0.239 e. The third-order valence-electron chi connectivity index (χ3n) is 1.54. The maximum atomic E-state index is 13.1. The Morgan fingerprint density at radius 1 is 1.36 bits per heavy atom. The minimum absolute atomic E-state index is 0.122. The van der Waals surface area contributed by atoms with Gasteiger partial charge in [0, 0.05) is 0 Å². The van der Waals surface area contributed by atoms with E-state index in [0.29, 0.717) is 11.4 Å². The fourth-order valence-electron chi connectivity index (χ4n) is 0.879. The summed E-state index contributed by atoms with van der Waals surface area (Å²) in [4.78, 5) is 7.59. The molecule has 60 valence electrons. The van der Waals surface area contributed by atoms with E-state index in [1.165, 1.54) is 6.33 Å². The fraction of sp³-hybridized carbons (Fsp3) is 0.500. The second-order valence-electron chi connectivity index (χ2n) is 2.81. The van der Waals surface area contributed by atoms with Crippen LogP contribution in [0.5, 0.6) is 0 Å². The zero-order chi connectivity index (χ0) is 8.43. The molecule has 1 heterocycles. The van der Waals surface area contributed by atoms with E-state index in [-0.39, 0.29) is 11.7 Å². The van der Waals surface area contributed by atoms with E-state index in [1.54, 1.807) is 6.92 Å². The molecule has 0 bridgehead atoms. The summed E-state index contributed by atoms with van der Waals surface area (Å²) in [6, 6.07) is 0. The molecule has 0 saturated heterocycles. The van der Waals surface area contributed by atoms with Crippen molar-refractivity contribution in [3.05, 3.63) is 23.5 Å². The molecule has 0 aromatic carbocycles. The van der Waals surface area contributed by atoms with Crippen LogP contribution in [0.1, 0.15) is 31.2 Å². The predicted molar refractivity (Wildman–Crippen MR) is 40.8 cm³/mol. The molecule has 11 heavy (non-hydrogen) atoms. The van der Waals surface area contributed by atoms with Crippen molar-refractivity contribution in [1.29, 1.82) is 0 Å². The molecule has 0 unspecified atom stereocenters. The summed E-state index contributed by atoms with van der Waals surface area (Å²) in [5.41, 5.74) is 0.918. The first-order chi connectivity index (χ1) is 5.13. The summed E-state index contributed by atoms with van der Waals surface area (Å²) in [5, 5.41) is 0. The molecule has 0 aliphatic rings. The van der Waals surface area contributed by atoms with E-state index in [9.17, 15) is 4.39 Å². The molecule has 0 amide bonds. The van der Waals surface area contributed by atoms with Gasteiger partial charge in [-0.2, -0.15) is 0 Å². The molecule has 0 aliphatic carbocycles. The van der Waals surface area contributed by atoms with Crippen LogP contribution >= 0.6 is 0 Å². The average molecular weight is 154 g/mol. The summed E-state index contributed by atoms with van der Waals surface area (Å²) in [6.07, 6.45) is 1.40. The van der Waals surface area contributed by atoms with Crippen LogP contribution < -0.4 is 0 Å². The SMILES string of the molecule is Cc1ncnc(C(C)C)c1F. The first-order valence-electron chi connectivity index (χ1n) is 3.60. The lowest BCUT2D eigenvalue weighted by Gasteiger charge is -2.05. The maximum absolute atomic E-state index is 13.1. The zero-order valence-corrected chi connectivity index (χ0v) is 6.93. The van der Waals surface area contributed by atoms with Gasteiger partial charge in [-0.05, 0) is 12.8 Å². The second-order valence-corrected chi connectivity index (χ2v) is 2.81. The van der Waals surface area contributed by atoms with Crippen molar-refractivity contribution in [2.45, 2.75) is 26.7 Å².